The Morgan fingerprint density at radius 1 is 1.31 bits per heavy atom. The monoisotopic (exact) mass is 357 g/mol. The van der Waals surface area contributed by atoms with Crippen LogP contribution in [-0.2, 0) is 14.3 Å². The molecule has 1 aliphatic rings. The van der Waals surface area contributed by atoms with Crippen LogP contribution in [0.5, 0.6) is 5.75 Å². The van der Waals surface area contributed by atoms with Gasteiger partial charge in [-0.1, -0.05) is 30.3 Å². The first-order valence-corrected chi connectivity index (χ1v) is 7.72. The van der Waals surface area contributed by atoms with Gasteiger partial charge in [-0.3, -0.25) is 9.69 Å². The number of esters is 1. The predicted octanol–water partition coefficient (Wildman–Crippen LogP) is 2.02. The van der Waals surface area contributed by atoms with E-state index in [0.29, 0.717) is 5.56 Å². The molecule has 134 valence electrons. The average Bonchev–Trinajstić information content (AvgIpc) is 2.66. The van der Waals surface area contributed by atoms with Crippen LogP contribution in [0.3, 0.4) is 0 Å². The third-order valence-corrected chi connectivity index (χ3v) is 3.98. The third kappa shape index (κ3) is 2.94. The van der Waals surface area contributed by atoms with Gasteiger partial charge in [-0.2, -0.15) is 0 Å². The number of hydrogen-bond donors (Lipinski definition) is 0. The van der Waals surface area contributed by atoms with Crippen LogP contribution in [0.2, 0.25) is 0 Å². The predicted molar refractivity (Wildman–Crippen MR) is 89.7 cm³/mol. The zero-order chi connectivity index (χ0) is 18.8. The van der Waals surface area contributed by atoms with Crippen LogP contribution >= 0.6 is 0 Å². The van der Waals surface area contributed by atoms with Crippen molar-refractivity contribution in [2.24, 2.45) is 0 Å². The van der Waals surface area contributed by atoms with Gasteiger partial charge in [0, 0.05) is 11.6 Å². The molecule has 26 heavy (non-hydrogen) atoms. The van der Waals surface area contributed by atoms with Crippen LogP contribution in [-0.4, -0.2) is 34.9 Å². The fraction of sp³-hybridized carbons (Fsp3) is 0.235. The molecule has 9 nitrogen and oxygen atoms in total. The molecule has 0 aliphatic carbocycles. The van der Waals surface area contributed by atoms with Gasteiger partial charge in [0.25, 0.3) is 11.7 Å². The van der Waals surface area contributed by atoms with Crippen LogP contribution in [0.25, 0.3) is 0 Å². The summed E-state index contributed by atoms with van der Waals surface area (Å²) in [6, 6.07) is 10.2. The second-order valence-corrected chi connectivity index (χ2v) is 5.56. The van der Waals surface area contributed by atoms with E-state index in [4.69, 9.17) is 9.47 Å². The maximum absolute atomic E-state index is 13.0. The number of benzene rings is 1. The molecule has 0 bridgehead atoms. The molecule has 3 rings (SSSR count). The normalized spacial score (nSPS) is 17.1. The number of carbonyl (C=O) groups excluding carboxylic acids is 2. The van der Waals surface area contributed by atoms with Crippen LogP contribution in [0.15, 0.2) is 42.5 Å². The van der Waals surface area contributed by atoms with E-state index in [1.54, 1.807) is 30.3 Å². The lowest BCUT2D eigenvalue weighted by Crippen LogP contribution is -2.50. The minimum atomic E-state index is -1.03. The van der Waals surface area contributed by atoms with Crippen molar-refractivity contribution in [1.82, 2.24) is 4.98 Å². The largest absolute Gasteiger partial charge is 0.469 e. The SMILES string of the molecule is COC(=O)C(C)N1C(=O)C(c2ccccc2)Oc2ccc([N+](=O)[O-])nc21. The highest BCUT2D eigenvalue weighted by Crippen LogP contribution is 2.39. The molecule has 2 heterocycles. The molecule has 1 aromatic heterocycles. The Balaban J connectivity index is 2.12. The molecule has 2 unspecified atom stereocenters. The molecule has 0 radical (unpaired) electrons. The summed E-state index contributed by atoms with van der Waals surface area (Å²) in [5, 5.41) is 11.0. The van der Waals surface area contributed by atoms with Crippen LogP contribution in [0.1, 0.15) is 18.6 Å². The molecule has 0 N–H and O–H groups in total. The average molecular weight is 357 g/mol. The summed E-state index contributed by atoms with van der Waals surface area (Å²) in [4.78, 5) is 40.3. The first-order valence-electron chi connectivity index (χ1n) is 7.72. The number of nitrogens with zero attached hydrogens (tertiary/aromatic N) is 3. The summed E-state index contributed by atoms with van der Waals surface area (Å²) in [6.45, 7) is 1.46. The second-order valence-electron chi connectivity index (χ2n) is 5.56. The highest BCUT2D eigenvalue weighted by atomic mass is 16.6. The number of hydrogen-bond acceptors (Lipinski definition) is 7. The number of pyridine rings is 1. The molecule has 0 spiro atoms. The Bertz CT molecular complexity index is 870. The molecule has 2 atom stereocenters. The summed E-state index contributed by atoms with van der Waals surface area (Å²) >= 11 is 0. The smallest absolute Gasteiger partial charge is 0.366 e. The first kappa shape index (κ1) is 17.3. The topological polar surface area (TPSA) is 112 Å². The Labute approximate surface area is 148 Å². The fourth-order valence-corrected chi connectivity index (χ4v) is 2.69. The van der Waals surface area contributed by atoms with Gasteiger partial charge in [0.1, 0.15) is 6.04 Å². The number of carbonyl (C=O) groups is 2. The minimum absolute atomic E-state index is 0.0886. The summed E-state index contributed by atoms with van der Waals surface area (Å²) in [7, 11) is 1.19. The van der Waals surface area contributed by atoms with Crippen molar-refractivity contribution < 1.29 is 24.0 Å². The van der Waals surface area contributed by atoms with Crippen LogP contribution < -0.4 is 9.64 Å². The van der Waals surface area contributed by atoms with E-state index in [-0.39, 0.29) is 11.6 Å². The van der Waals surface area contributed by atoms with E-state index in [1.807, 2.05) is 0 Å². The molecule has 1 amide bonds. The molecular weight excluding hydrogens is 342 g/mol. The quantitative estimate of drug-likeness (QED) is 0.467. The number of fused-ring (bicyclic) bond motifs is 1. The van der Waals surface area contributed by atoms with E-state index in [9.17, 15) is 19.7 Å². The lowest BCUT2D eigenvalue weighted by atomic mass is 10.1. The summed E-state index contributed by atoms with van der Waals surface area (Å²) in [6.07, 6.45) is -1.00. The summed E-state index contributed by atoms with van der Waals surface area (Å²) in [5.41, 5.74) is 0.587. The fourth-order valence-electron chi connectivity index (χ4n) is 2.69. The number of methoxy groups -OCH3 is 1. The van der Waals surface area contributed by atoms with Gasteiger partial charge in [-0.25, -0.2) is 4.79 Å². The van der Waals surface area contributed by atoms with Gasteiger partial charge in [0.05, 0.1) is 7.11 Å². The highest BCUT2D eigenvalue weighted by Gasteiger charge is 2.44. The Kier molecular flexibility index (Phi) is 4.53. The number of nitro groups is 1. The molecule has 0 fully saturated rings. The van der Waals surface area contributed by atoms with E-state index in [2.05, 4.69) is 4.98 Å². The van der Waals surface area contributed by atoms with Gasteiger partial charge in [0.15, 0.2) is 5.75 Å². The van der Waals surface area contributed by atoms with Gasteiger partial charge in [-0.05, 0) is 22.9 Å². The lowest BCUT2D eigenvalue weighted by molar-refractivity contribution is -0.389. The molecule has 0 saturated heterocycles. The highest BCUT2D eigenvalue weighted by molar-refractivity contribution is 6.04. The second kappa shape index (κ2) is 6.79. The zero-order valence-electron chi connectivity index (χ0n) is 14.0. The van der Waals surface area contributed by atoms with Gasteiger partial charge < -0.3 is 19.6 Å². The van der Waals surface area contributed by atoms with Crippen molar-refractivity contribution in [3.8, 4) is 5.75 Å². The first-order chi connectivity index (χ1) is 12.4. The minimum Gasteiger partial charge on any atom is -0.469 e. The number of rotatable bonds is 4. The molecule has 1 aromatic carbocycles. The Hall–Kier alpha value is -3.49. The van der Waals surface area contributed by atoms with Gasteiger partial charge >= 0.3 is 11.8 Å². The van der Waals surface area contributed by atoms with Gasteiger partial charge in [0.2, 0.25) is 6.10 Å². The van der Waals surface area contributed by atoms with E-state index < -0.39 is 34.8 Å². The van der Waals surface area contributed by atoms with Crippen molar-refractivity contribution in [2.75, 3.05) is 12.0 Å². The number of aromatic nitrogens is 1. The van der Waals surface area contributed by atoms with Crippen LogP contribution in [0.4, 0.5) is 11.6 Å². The molecule has 2 aromatic rings. The van der Waals surface area contributed by atoms with Crippen molar-refractivity contribution in [3.05, 3.63) is 58.1 Å². The molecule has 0 saturated carbocycles. The van der Waals surface area contributed by atoms with Crippen LogP contribution in [0, 0.1) is 10.1 Å². The summed E-state index contributed by atoms with van der Waals surface area (Å²) in [5.74, 6) is -1.62. The number of anilines is 1. The zero-order valence-corrected chi connectivity index (χ0v) is 14.0. The van der Waals surface area contributed by atoms with Crippen molar-refractivity contribution >= 4 is 23.5 Å². The number of ether oxygens (including phenoxy) is 2. The van der Waals surface area contributed by atoms with E-state index in [1.165, 1.54) is 26.2 Å². The van der Waals surface area contributed by atoms with Crippen molar-refractivity contribution in [3.63, 3.8) is 0 Å². The van der Waals surface area contributed by atoms with Gasteiger partial charge in [-0.15, -0.1) is 0 Å². The lowest BCUT2D eigenvalue weighted by Gasteiger charge is -2.33. The van der Waals surface area contributed by atoms with Crippen molar-refractivity contribution in [2.45, 2.75) is 19.1 Å². The Morgan fingerprint density at radius 2 is 2.00 bits per heavy atom. The summed E-state index contributed by atoms with van der Waals surface area (Å²) < 4.78 is 10.4. The third-order valence-electron chi connectivity index (χ3n) is 3.98. The molecular formula is C17H15N3O6. The molecule has 9 heteroatoms. The molecule has 1 aliphatic heterocycles. The van der Waals surface area contributed by atoms with E-state index >= 15 is 0 Å². The maximum Gasteiger partial charge on any atom is 0.366 e. The van der Waals surface area contributed by atoms with Crippen molar-refractivity contribution in [1.29, 1.82) is 0 Å². The standard InChI is InChI=1S/C17H15N3O6/c1-10(17(22)25-2)19-15-12(8-9-13(18-15)20(23)24)26-14(16(19)21)11-6-4-3-5-7-11/h3-10,14H,1-2H3. The Morgan fingerprint density at radius 3 is 2.62 bits per heavy atom. The maximum atomic E-state index is 13.0. The number of amides is 1. The van der Waals surface area contributed by atoms with E-state index in [0.717, 1.165) is 4.90 Å².